The van der Waals surface area contributed by atoms with Gasteiger partial charge in [0.15, 0.2) is 0 Å². The van der Waals surface area contributed by atoms with Gasteiger partial charge in [0.05, 0.1) is 75.8 Å². The monoisotopic (exact) mass is 630 g/mol. The Labute approximate surface area is 252 Å². The minimum atomic E-state index is 0.476. The molecule has 0 aliphatic rings. The number of hydrogen-bond donors (Lipinski definition) is 0. The molecule has 0 aromatic carbocycles. The average Bonchev–Trinajstić information content (AvgIpc) is 3.77. The van der Waals surface area contributed by atoms with Crippen molar-refractivity contribution in [3.05, 3.63) is 45.8 Å². The van der Waals surface area contributed by atoms with Gasteiger partial charge in [-0.05, 0) is 45.8 Å². The lowest BCUT2D eigenvalue weighted by molar-refractivity contribution is 0.0179. The van der Waals surface area contributed by atoms with Crippen molar-refractivity contribution < 1.29 is 37.9 Å². The van der Waals surface area contributed by atoms with E-state index in [0.29, 0.717) is 79.3 Å². The molecular weight excluding hydrogens is 593 g/mol. The molecule has 0 N–H and O–H groups in total. The second-order valence-corrected chi connectivity index (χ2v) is 11.7. The van der Waals surface area contributed by atoms with E-state index >= 15 is 0 Å². The molecule has 0 saturated carbocycles. The summed E-state index contributed by atoms with van der Waals surface area (Å²) in [6.45, 7) is 6.47. The lowest BCUT2D eigenvalue weighted by Crippen LogP contribution is -2.12. The molecule has 0 atom stereocenters. The van der Waals surface area contributed by atoms with Gasteiger partial charge < -0.3 is 37.9 Å². The summed E-state index contributed by atoms with van der Waals surface area (Å²) in [5, 5.41) is 8.29. The molecule has 0 aliphatic carbocycles. The van der Waals surface area contributed by atoms with E-state index in [4.69, 9.17) is 37.9 Å². The first-order valence-corrected chi connectivity index (χ1v) is 16.5. The number of thiophene rings is 4. The lowest BCUT2D eigenvalue weighted by Gasteiger charge is -2.10. The molecule has 0 radical (unpaired) electrons. The minimum Gasteiger partial charge on any atom is -0.490 e. The Morgan fingerprint density at radius 2 is 0.775 bits per heavy atom. The largest absolute Gasteiger partial charge is 0.490 e. The van der Waals surface area contributed by atoms with Gasteiger partial charge >= 0.3 is 0 Å². The summed E-state index contributed by atoms with van der Waals surface area (Å²) < 4.78 is 46.3. The van der Waals surface area contributed by atoms with Crippen LogP contribution in [0.1, 0.15) is 0 Å². The van der Waals surface area contributed by atoms with Crippen molar-refractivity contribution in [1.82, 2.24) is 0 Å². The predicted molar refractivity (Wildman–Crippen MR) is 165 cm³/mol. The van der Waals surface area contributed by atoms with Gasteiger partial charge in [-0.25, -0.2) is 0 Å². The van der Waals surface area contributed by atoms with Crippen molar-refractivity contribution in [1.29, 1.82) is 0 Å². The molecular formula is C28H38O8S4. The fraction of sp³-hybridized carbons (Fsp3) is 0.500. The summed E-state index contributed by atoms with van der Waals surface area (Å²) in [7, 11) is 3.30. The van der Waals surface area contributed by atoms with Crippen LogP contribution < -0.4 is 9.47 Å². The first-order valence-electron chi connectivity index (χ1n) is 12.9. The molecule has 0 amide bonds. The van der Waals surface area contributed by atoms with Crippen LogP contribution in [-0.4, -0.2) is 93.5 Å². The van der Waals surface area contributed by atoms with Crippen molar-refractivity contribution in [2.45, 2.75) is 0 Å². The SMILES string of the molecule is COCCOCCOCCOc1ccsc1-c1sccc1OCCOCCOCCOC.c1cc2sccc2s1. The van der Waals surface area contributed by atoms with Gasteiger partial charge in [-0.15, -0.1) is 45.3 Å². The highest BCUT2D eigenvalue weighted by molar-refractivity contribution is 7.25. The first kappa shape index (κ1) is 32.9. The average molecular weight is 631 g/mol. The molecule has 12 heteroatoms. The number of rotatable bonds is 21. The minimum absolute atomic E-state index is 0.476. The maximum Gasteiger partial charge on any atom is 0.138 e. The van der Waals surface area contributed by atoms with Crippen LogP contribution in [0.5, 0.6) is 11.5 Å². The van der Waals surface area contributed by atoms with E-state index in [1.165, 1.54) is 9.40 Å². The molecule has 0 spiro atoms. The molecule has 40 heavy (non-hydrogen) atoms. The quantitative estimate of drug-likeness (QED) is 0.0960. The highest BCUT2D eigenvalue weighted by Gasteiger charge is 2.15. The summed E-state index contributed by atoms with van der Waals surface area (Å²) >= 11 is 6.87. The third-order valence-electron chi connectivity index (χ3n) is 5.11. The lowest BCUT2D eigenvalue weighted by atomic mass is 10.3. The number of hydrogen-bond acceptors (Lipinski definition) is 12. The van der Waals surface area contributed by atoms with Gasteiger partial charge in [-0.1, -0.05) is 0 Å². The zero-order chi connectivity index (χ0) is 28.1. The van der Waals surface area contributed by atoms with Crippen LogP contribution >= 0.6 is 45.3 Å². The molecule has 0 bridgehead atoms. The molecule has 4 aromatic rings. The molecule has 0 aliphatic heterocycles. The molecule has 8 nitrogen and oxygen atoms in total. The molecule has 4 rings (SSSR count). The van der Waals surface area contributed by atoms with Gasteiger partial charge in [-0.2, -0.15) is 0 Å². The van der Waals surface area contributed by atoms with Crippen LogP contribution in [0.15, 0.2) is 45.8 Å². The second-order valence-electron chi connectivity index (χ2n) is 7.93. The molecule has 4 heterocycles. The predicted octanol–water partition coefficient (Wildman–Crippen LogP) is 6.56. The van der Waals surface area contributed by atoms with Gasteiger partial charge in [0.2, 0.25) is 0 Å². The van der Waals surface area contributed by atoms with Crippen LogP contribution in [0.25, 0.3) is 19.2 Å². The Balaban J connectivity index is 0.000000463. The van der Waals surface area contributed by atoms with Gasteiger partial charge in [-0.3, -0.25) is 0 Å². The fourth-order valence-corrected chi connectivity index (χ4v) is 6.87. The summed E-state index contributed by atoms with van der Waals surface area (Å²) in [5.74, 6) is 1.68. The van der Waals surface area contributed by atoms with E-state index in [1.54, 1.807) is 59.6 Å². The zero-order valence-corrected chi connectivity index (χ0v) is 26.3. The van der Waals surface area contributed by atoms with Gasteiger partial charge in [0.1, 0.15) is 24.7 Å². The Bertz CT molecular complexity index is 1030. The number of methoxy groups -OCH3 is 2. The van der Waals surface area contributed by atoms with Crippen LogP contribution in [0.2, 0.25) is 0 Å². The Morgan fingerprint density at radius 1 is 0.425 bits per heavy atom. The van der Waals surface area contributed by atoms with E-state index in [-0.39, 0.29) is 0 Å². The van der Waals surface area contributed by atoms with Crippen LogP contribution in [0.3, 0.4) is 0 Å². The van der Waals surface area contributed by atoms with E-state index in [1.807, 2.05) is 22.9 Å². The van der Waals surface area contributed by atoms with E-state index in [2.05, 4.69) is 22.9 Å². The third kappa shape index (κ3) is 12.5. The van der Waals surface area contributed by atoms with E-state index < -0.39 is 0 Å². The zero-order valence-electron chi connectivity index (χ0n) is 23.0. The van der Waals surface area contributed by atoms with Crippen molar-refractivity contribution in [2.24, 2.45) is 0 Å². The van der Waals surface area contributed by atoms with Crippen LogP contribution in [0.4, 0.5) is 0 Å². The summed E-state index contributed by atoms with van der Waals surface area (Å²) in [4.78, 5) is 2.12. The number of ether oxygens (including phenoxy) is 8. The van der Waals surface area contributed by atoms with Crippen molar-refractivity contribution in [3.63, 3.8) is 0 Å². The van der Waals surface area contributed by atoms with Gasteiger partial charge in [0.25, 0.3) is 0 Å². The van der Waals surface area contributed by atoms with Gasteiger partial charge in [0, 0.05) is 23.6 Å². The molecule has 4 aromatic heterocycles. The van der Waals surface area contributed by atoms with Crippen molar-refractivity contribution >= 4 is 54.7 Å². The molecule has 0 unspecified atom stereocenters. The highest BCUT2D eigenvalue weighted by atomic mass is 32.1. The topological polar surface area (TPSA) is 73.8 Å². The summed E-state index contributed by atoms with van der Waals surface area (Å²) in [6, 6.07) is 8.27. The second kappa shape index (κ2) is 21.2. The maximum absolute atomic E-state index is 5.93. The van der Waals surface area contributed by atoms with E-state index in [0.717, 1.165) is 21.3 Å². The van der Waals surface area contributed by atoms with Crippen molar-refractivity contribution in [2.75, 3.05) is 93.5 Å². The summed E-state index contributed by atoms with van der Waals surface area (Å²) in [5.41, 5.74) is 0. The Morgan fingerprint density at radius 3 is 1.18 bits per heavy atom. The van der Waals surface area contributed by atoms with E-state index in [9.17, 15) is 0 Å². The summed E-state index contributed by atoms with van der Waals surface area (Å²) in [6.07, 6.45) is 0. The normalized spacial score (nSPS) is 11.1. The van der Waals surface area contributed by atoms with Crippen LogP contribution in [0, 0.1) is 0 Å². The van der Waals surface area contributed by atoms with Crippen LogP contribution in [-0.2, 0) is 28.4 Å². The van der Waals surface area contributed by atoms with Crippen molar-refractivity contribution in [3.8, 4) is 21.3 Å². The maximum atomic E-state index is 5.93. The molecule has 0 saturated heterocycles. The first-order chi connectivity index (χ1) is 19.8. The Hall–Kier alpha value is -1.58. The third-order valence-corrected chi connectivity index (χ3v) is 8.96. The molecule has 222 valence electrons. The number of fused-ring (bicyclic) bond motifs is 1. The Kier molecular flexibility index (Phi) is 17.4. The standard InChI is InChI=1S/C22H34O8S2.C6H4S2/c1-23-5-7-25-9-11-27-13-15-29-19-3-17-31-21(19)22-20(4-18-32-22)30-16-14-28-12-10-26-8-6-24-2;1-3-7-6-2-4-8-5(1)6/h3-4,17-18H,5-16H2,1-2H3;1-4H. The molecule has 0 fully saturated rings. The smallest absolute Gasteiger partial charge is 0.138 e. The highest BCUT2D eigenvalue weighted by Crippen LogP contribution is 2.44. The fourth-order valence-electron chi connectivity index (χ4n) is 3.20.